The molecule has 1 fully saturated rings. The predicted octanol–water partition coefficient (Wildman–Crippen LogP) is 3.32. The van der Waals surface area contributed by atoms with Gasteiger partial charge in [0.05, 0.1) is 17.0 Å². The van der Waals surface area contributed by atoms with Crippen molar-refractivity contribution in [2.75, 3.05) is 17.9 Å². The van der Waals surface area contributed by atoms with E-state index >= 15 is 0 Å². The molecule has 2 aliphatic rings. The van der Waals surface area contributed by atoms with E-state index < -0.39 is 0 Å². The molecule has 0 radical (unpaired) electrons. The molecular weight excluding hydrogens is 366 g/mol. The predicted molar refractivity (Wildman–Crippen MR) is 101 cm³/mol. The standard InChI is InChI=1S/C19H19N3O4S/c1-10-17(11(2)23)19(22-18(20-10)12-3-4-12)27-8-16(24)21-13-5-6-14-15(7-13)26-9-25-14/h5-7,12H,3-4,8-9H2,1-2H3,(H,21,24). The van der Waals surface area contributed by atoms with Gasteiger partial charge in [0.2, 0.25) is 12.7 Å². The molecular formula is C19H19N3O4S. The van der Waals surface area contributed by atoms with Crippen LogP contribution >= 0.6 is 11.8 Å². The number of ether oxygens (including phenoxy) is 2. The van der Waals surface area contributed by atoms with Crippen molar-refractivity contribution in [1.82, 2.24) is 9.97 Å². The van der Waals surface area contributed by atoms with Crippen molar-refractivity contribution in [1.29, 1.82) is 0 Å². The average Bonchev–Trinajstić information content (AvgIpc) is 3.37. The van der Waals surface area contributed by atoms with Crippen molar-refractivity contribution in [2.24, 2.45) is 0 Å². The number of rotatable bonds is 6. The summed E-state index contributed by atoms with van der Waals surface area (Å²) >= 11 is 1.26. The number of hydrogen-bond acceptors (Lipinski definition) is 7. The van der Waals surface area contributed by atoms with Gasteiger partial charge in [0.1, 0.15) is 10.9 Å². The molecule has 8 heteroatoms. The number of carbonyl (C=O) groups excluding carboxylic acids is 2. The summed E-state index contributed by atoms with van der Waals surface area (Å²) in [6.45, 7) is 3.51. The van der Waals surface area contributed by atoms with Gasteiger partial charge in [-0.05, 0) is 38.8 Å². The van der Waals surface area contributed by atoms with Crippen LogP contribution in [0.1, 0.15) is 47.6 Å². The van der Waals surface area contributed by atoms with Gasteiger partial charge in [-0.15, -0.1) is 0 Å². The van der Waals surface area contributed by atoms with Crippen LogP contribution in [0.4, 0.5) is 5.69 Å². The summed E-state index contributed by atoms with van der Waals surface area (Å²) in [5, 5.41) is 3.41. The van der Waals surface area contributed by atoms with Gasteiger partial charge in [0.15, 0.2) is 17.3 Å². The molecule has 27 heavy (non-hydrogen) atoms. The summed E-state index contributed by atoms with van der Waals surface area (Å²) in [5.41, 5.74) is 1.81. The number of benzene rings is 1. The Kier molecular flexibility index (Phi) is 4.73. The number of hydrogen-bond donors (Lipinski definition) is 1. The molecule has 1 aliphatic carbocycles. The fourth-order valence-electron chi connectivity index (χ4n) is 2.91. The minimum Gasteiger partial charge on any atom is -0.454 e. The number of aromatic nitrogens is 2. The number of Topliss-reactive ketones (excluding diaryl/α,β-unsaturated/α-hetero) is 1. The van der Waals surface area contributed by atoms with E-state index in [1.807, 2.05) is 6.92 Å². The molecule has 1 aromatic carbocycles. The van der Waals surface area contributed by atoms with Crippen LogP contribution in [0.5, 0.6) is 11.5 Å². The van der Waals surface area contributed by atoms with Gasteiger partial charge in [-0.1, -0.05) is 11.8 Å². The SMILES string of the molecule is CC(=O)c1c(C)nc(C2CC2)nc1SCC(=O)Nc1ccc2c(c1)OCO2. The largest absolute Gasteiger partial charge is 0.454 e. The maximum atomic E-state index is 12.4. The Morgan fingerprint density at radius 2 is 2.00 bits per heavy atom. The minimum atomic E-state index is -0.183. The minimum absolute atomic E-state index is 0.0893. The van der Waals surface area contributed by atoms with Gasteiger partial charge >= 0.3 is 0 Å². The van der Waals surface area contributed by atoms with Crippen LogP contribution in [-0.4, -0.2) is 34.2 Å². The number of ketones is 1. The second-order valence-corrected chi connectivity index (χ2v) is 7.55. The van der Waals surface area contributed by atoms with E-state index in [1.165, 1.54) is 18.7 Å². The maximum absolute atomic E-state index is 12.4. The molecule has 0 unspecified atom stereocenters. The number of nitrogens with one attached hydrogen (secondary N) is 1. The molecule has 0 spiro atoms. The summed E-state index contributed by atoms with van der Waals surface area (Å²) in [6, 6.07) is 5.25. The lowest BCUT2D eigenvalue weighted by molar-refractivity contribution is -0.113. The lowest BCUT2D eigenvalue weighted by atomic mass is 10.2. The second kappa shape index (κ2) is 7.19. The van der Waals surface area contributed by atoms with Gasteiger partial charge in [-0.25, -0.2) is 9.97 Å². The first-order valence-electron chi connectivity index (χ1n) is 8.73. The van der Waals surface area contributed by atoms with Crippen molar-refractivity contribution < 1.29 is 19.1 Å². The number of carbonyl (C=O) groups is 2. The van der Waals surface area contributed by atoms with Crippen LogP contribution in [0, 0.1) is 6.92 Å². The number of thioether (sulfide) groups is 1. The fourth-order valence-corrected chi connectivity index (χ4v) is 3.84. The molecule has 0 atom stereocenters. The highest BCUT2D eigenvalue weighted by Gasteiger charge is 2.29. The van der Waals surface area contributed by atoms with E-state index in [0.717, 1.165) is 18.7 Å². The topological polar surface area (TPSA) is 90.4 Å². The highest BCUT2D eigenvalue weighted by Crippen LogP contribution is 2.39. The fraction of sp³-hybridized carbons (Fsp3) is 0.368. The third-order valence-corrected chi connectivity index (χ3v) is 5.34. The summed E-state index contributed by atoms with van der Waals surface area (Å²) < 4.78 is 10.6. The van der Waals surface area contributed by atoms with Crippen LogP contribution in [0.25, 0.3) is 0 Å². The molecule has 4 rings (SSSR count). The van der Waals surface area contributed by atoms with E-state index in [1.54, 1.807) is 18.2 Å². The zero-order valence-electron chi connectivity index (χ0n) is 15.1. The molecule has 7 nitrogen and oxygen atoms in total. The van der Waals surface area contributed by atoms with Gasteiger partial charge < -0.3 is 14.8 Å². The molecule has 0 saturated heterocycles. The maximum Gasteiger partial charge on any atom is 0.234 e. The number of aryl methyl sites for hydroxylation is 1. The first-order valence-corrected chi connectivity index (χ1v) is 9.71. The van der Waals surface area contributed by atoms with Crippen molar-refractivity contribution >= 4 is 29.1 Å². The van der Waals surface area contributed by atoms with Gasteiger partial charge in [-0.3, -0.25) is 9.59 Å². The average molecular weight is 385 g/mol. The lowest BCUT2D eigenvalue weighted by Crippen LogP contribution is -2.15. The first kappa shape index (κ1) is 17.8. The molecule has 1 amide bonds. The Morgan fingerprint density at radius 3 is 2.74 bits per heavy atom. The van der Waals surface area contributed by atoms with Crippen LogP contribution in [0.15, 0.2) is 23.2 Å². The molecule has 1 saturated carbocycles. The zero-order chi connectivity index (χ0) is 19.0. The normalized spacial score (nSPS) is 14.9. The van der Waals surface area contributed by atoms with E-state index in [0.29, 0.717) is 39.4 Å². The number of nitrogens with zero attached hydrogens (tertiary/aromatic N) is 2. The van der Waals surface area contributed by atoms with Gasteiger partial charge in [0.25, 0.3) is 0 Å². The van der Waals surface area contributed by atoms with Gasteiger partial charge in [-0.2, -0.15) is 0 Å². The smallest absolute Gasteiger partial charge is 0.234 e. The van der Waals surface area contributed by atoms with Crippen LogP contribution < -0.4 is 14.8 Å². The van der Waals surface area contributed by atoms with Crippen molar-refractivity contribution in [3.05, 3.63) is 35.3 Å². The van der Waals surface area contributed by atoms with Crippen LogP contribution in [0.3, 0.4) is 0 Å². The Labute approximate surface area is 160 Å². The molecule has 1 aliphatic heterocycles. The van der Waals surface area contributed by atoms with Crippen molar-refractivity contribution in [3.8, 4) is 11.5 Å². The Balaban J connectivity index is 1.46. The van der Waals surface area contributed by atoms with E-state index in [9.17, 15) is 9.59 Å². The Bertz CT molecular complexity index is 927. The third kappa shape index (κ3) is 3.90. The monoisotopic (exact) mass is 385 g/mol. The first-order chi connectivity index (χ1) is 13.0. The zero-order valence-corrected chi connectivity index (χ0v) is 15.9. The molecule has 2 aromatic rings. The highest BCUT2D eigenvalue weighted by molar-refractivity contribution is 8.00. The highest BCUT2D eigenvalue weighted by atomic mass is 32.2. The van der Waals surface area contributed by atoms with E-state index in [2.05, 4.69) is 15.3 Å². The van der Waals surface area contributed by atoms with Crippen LogP contribution in [-0.2, 0) is 4.79 Å². The van der Waals surface area contributed by atoms with Crippen molar-refractivity contribution in [3.63, 3.8) is 0 Å². The Hall–Kier alpha value is -2.61. The number of fused-ring (bicyclic) bond motifs is 1. The van der Waals surface area contributed by atoms with Crippen molar-refractivity contribution in [2.45, 2.75) is 37.6 Å². The quantitative estimate of drug-likeness (QED) is 0.463. The molecule has 2 heterocycles. The summed E-state index contributed by atoms with van der Waals surface area (Å²) in [5.74, 6) is 2.31. The number of anilines is 1. The molecule has 0 bridgehead atoms. The van der Waals surface area contributed by atoms with E-state index in [4.69, 9.17) is 9.47 Å². The molecule has 1 aromatic heterocycles. The second-order valence-electron chi connectivity index (χ2n) is 6.58. The summed E-state index contributed by atoms with van der Waals surface area (Å²) in [7, 11) is 0. The Morgan fingerprint density at radius 1 is 1.22 bits per heavy atom. The summed E-state index contributed by atoms with van der Waals surface area (Å²) in [6.07, 6.45) is 2.15. The lowest BCUT2D eigenvalue weighted by Gasteiger charge is -2.11. The molecule has 1 N–H and O–H groups in total. The number of amides is 1. The molecule has 140 valence electrons. The van der Waals surface area contributed by atoms with Gasteiger partial charge in [0, 0.05) is 17.7 Å². The van der Waals surface area contributed by atoms with E-state index in [-0.39, 0.29) is 24.2 Å². The van der Waals surface area contributed by atoms with Crippen LogP contribution in [0.2, 0.25) is 0 Å². The third-order valence-electron chi connectivity index (χ3n) is 4.36. The summed E-state index contributed by atoms with van der Waals surface area (Å²) in [4.78, 5) is 33.4.